The van der Waals surface area contributed by atoms with Crippen molar-refractivity contribution in [2.45, 2.75) is 55.0 Å². The minimum Gasteiger partial charge on any atom is -0.469 e. The second kappa shape index (κ2) is 10.7. The van der Waals surface area contributed by atoms with Gasteiger partial charge < -0.3 is 19.1 Å². The van der Waals surface area contributed by atoms with Gasteiger partial charge in [-0.1, -0.05) is 6.92 Å². The van der Waals surface area contributed by atoms with Gasteiger partial charge in [0, 0.05) is 19.4 Å². The van der Waals surface area contributed by atoms with Gasteiger partial charge in [0.25, 0.3) is 0 Å². The first-order chi connectivity index (χ1) is 15.5. The number of sulfone groups is 2. The van der Waals surface area contributed by atoms with Crippen LogP contribution in [0.4, 0.5) is 5.82 Å². The Morgan fingerprint density at radius 3 is 2.67 bits per heavy atom. The van der Waals surface area contributed by atoms with Crippen molar-refractivity contribution in [3.05, 3.63) is 17.7 Å². The zero-order valence-electron chi connectivity index (χ0n) is 19.2. The highest BCUT2D eigenvalue weighted by molar-refractivity contribution is 7.91. The summed E-state index contributed by atoms with van der Waals surface area (Å²) in [5, 5.41) is -0.123. The Morgan fingerprint density at radius 2 is 2.00 bits per heavy atom. The van der Waals surface area contributed by atoms with Crippen LogP contribution in [-0.4, -0.2) is 84.8 Å². The molecule has 0 spiro atoms. The van der Waals surface area contributed by atoms with Crippen molar-refractivity contribution in [2.75, 3.05) is 50.4 Å². The predicted molar refractivity (Wildman–Crippen MR) is 122 cm³/mol. The van der Waals surface area contributed by atoms with Crippen LogP contribution in [0.15, 0.2) is 17.2 Å². The molecule has 3 rings (SSSR count). The van der Waals surface area contributed by atoms with Gasteiger partial charge in [0.05, 0.1) is 38.5 Å². The molecular weight excluding hydrogens is 472 g/mol. The number of morpholine rings is 1. The largest absolute Gasteiger partial charge is 0.469 e. The summed E-state index contributed by atoms with van der Waals surface area (Å²) in [5.74, 6) is -0.720. The highest BCUT2D eigenvalue weighted by Crippen LogP contribution is 2.35. The number of nitrogens with zero attached hydrogens (tertiary/aromatic N) is 2. The van der Waals surface area contributed by atoms with E-state index in [2.05, 4.69) is 9.72 Å². The van der Waals surface area contributed by atoms with Crippen molar-refractivity contribution in [1.29, 1.82) is 0 Å². The molecular formula is C21H32N2O8S2. The maximum absolute atomic E-state index is 13.1. The molecule has 0 unspecified atom stereocenters. The number of hydrogen-bond acceptors (Lipinski definition) is 10. The van der Waals surface area contributed by atoms with Crippen LogP contribution < -0.4 is 4.90 Å². The molecule has 0 aromatic carbocycles. The Labute approximate surface area is 195 Å². The molecule has 0 bridgehead atoms. The molecule has 186 valence electrons. The number of hydrogen-bond donors (Lipinski definition) is 0. The molecule has 1 aromatic heterocycles. The van der Waals surface area contributed by atoms with E-state index in [1.807, 2.05) is 17.9 Å². The van der Waals surface area contributed by atoms with Crippen LogP contribution in [0, 0.1) is 0 Å². The predicted octanol–water partition coefficient (Wildman–Crippen LogP) is 1.30. The van der Waals surface area contributed by atoms with Gasteiger partial charge in [0.2, 0.25) is 0 Å². The van der Waals surface area contributed by atoms with Crippen LogP contribution in [0.1, 0.15) is 44.1 Å². The van der Waals surface area contributed by atoms with Crippen LogP contribution >= 0.6 is 0 Å². The molecule has 3 heterocycles. The second-order valence-corrected chi connectivity index (χ2v) is 12.7. The fourth-order valence-electron chi connectivity index (χ4n) is 4.13. The molecule has 2 fully saturated rings. The lowest BCUT2D eigenvalue weighted by atomic mass is 9.92. The highest BCUT2D eigenvalue weighted by Gasteiger charge is 2.33. The first-order valence-electron chi connectivity index (χ1n) is 11.0. The maximum atomic E-state index is 13.1. The minimum atomic E-state index is -3.87. The van der Waals surface area contributed by atoms with Crippen LogP contribution in [0.5, 0.6) is 0 Å². The molecule has 2 aliphatic heterocycles. The van der Waals surface area contributed by atoms with E-state index in [1.54, 1.807) is 0 Å². The van der Waals surface area contributed by atoms with Crippen LogP contribution in [0.25, 0.3) is 0 Å². The first kappa shape index (κ1) is 25.9. The third-order valence-electron chi connectivity index (χ3n) is 6.12. The van der Waals surface area contributed by atoms with Gasteiger partial charge in [-0.05, 0) is 42.9 Å². The number of anilines is 1. The molecule has 0 radical (unpaired) electrons. The summed E-state index contributed by atoms with van der Waals surface area (Å²) in [6, 6.07) is 3.40. The summed E-state index contributed by atoms with van der Waals surface area (Å²) in [7, 11) is -6.07. The SMILES string of the molecule is CC[C@H]1COCCN1c1cc([C@H]2CCO[C@@H](S(C)(=O)=O)C2)cc(S(=O)(=O)CCC(=O)OC)n1. The third kappa shape index (κ3) is 6.43. The molecule has 1 aromatic rings. The number of carbonyl (C=O) groups is 1. The minimum absolute atomic E-state index is 0.0468. The quantitative estimate of drug-likeness (QED) is 0.478. The van der Waals surface area contributed by atoms with E-state index in [-0.39, 0.29) is 36.4 Å². The Hall–Kier alpha value is -1.76. The van der Waals surface area contributed by atoms with Crippen LogP contribution in [-0.2, 0) is 38.7 Å². The van der Waals surface area contributed by atoms with Crippen molar-refractivity contribution in [2.24, 2.45) is 0 Å². The van der Waals surface area contributed by atoms with Crippen molar-refractivity contribution in [3.63, 3.8) is 0 Å². The monoisotopic (exact) mass is 504 g/mol. The Kier molecular flexibility index (Phi) is 8.35. The smallest absolute Gasteiger partial charge is 0.306 e. The Morgan fingerprint density at radius 1 is 1.24 bits per heavy atom. The summed E-state index contributed by atoms with van der Waals surface area (Å²) < 4.78 is 65.9. The summed E-state index contributed by atoms with van der Waals surface area (Å²) in [4.78, 5) is 18.0. The molecule has 0 amide bonds. The van der Waals surface area contributed by atoms with Crippen LogP contribution in [0.3, 0.4) is 0 Å². The van der Waals surface area contributed by atoms with Crippen molar-refractivity contribution in [3.8, 4) is 0 Å². The standard InChI is InChI=1S/C21H32N2O8S2/c1-4-17-14-30-9-7-23(17)18-11-16(15-5-8-31-21(13-15)32(3,25)26)12-19(22-18)33(27,28)10-6-20(24)29-2/h11-12,15,17,21H,4-10,13-14H2,1-3H3/t15-,17-,21-/m0/s1. The van der Waals surface area contributed by atoms with E-state index in [4.69, 9.17) is 9.47 Å². The average Bonchev–Trinajstić information content (AvgIpc) is 2.81. The van der Waals surface area contributed by atoms with Gasteiger partial charge in [-0.25, -0.2) is 21.8 Å². The van der Waals surface area contributed by atoms with Crippen LogP contribution in [0.2, 0.25) is 0 Å². The Balaban J connectivity index is 2.01. The summed E-state index contributed by atoms with van der Waals surface area (Å²) in [5.41, 5.74) is -0.228. The van der Waals surface area contributed by atoms with E-state index in [0.717, 1.165) is 12.7 Å². The molecule has 0 N–H and O–H groups in total. The fraction of sp³-hybridized carbons (Fsp3) is 0.714. The summed E-state index contributed by atoms with van der Waals surface area (Å²) in [6.07, 6.45) is 2.47. The van der Waals surface area contributed by atoms with Crippen molar-refractivity contribution >= 4 is 31.5 Å². The molecule has 10 nitrogen and oxygen atoms in total. The first-order valence-corrected chi connectivity index (χ1v) is 14.6. The lowest BCUT2D eigenvalue weighted by Crippen LogP contribution is -2.45. The summed E-state index contributed by atoms with van der Waals surface area (Å²) >= 11 is 0. The lowest BCUT2D eigenvalue weighted by Gasteiger charge is -2.37. The molecule has 3 atom stereocenters. The van der Waals surface area contributed by atoms with E-state index in [9.17, 15) is 21.6 Å². The highest BCUT2D eigenvalue weighted by atomic mass is 32.2. The van der Waals surface area contributed by atoms with E-state index < -0.39 is 36.8 Å². The van der Waals surface area contributed by atoms with E-state index in [1.165, 1.54) is 13.2 Å². The topological polar surface area (TPSA) is 129 Å². The maximum Gasteiger partial charge on any atom is 0.306 e. The molecule has 0 saturated carbocycles. The van der Waals surface area contributed by atoms with Gasteiger partial charge in [-0.3, -0.25) is 4.79 Å². The van der Waals surface area contributed by atoms with Gasteiger partial charge in [0.1, 0.15) is 5.82 Å². The fourth-order valence-corrected chi connectivity index (χ4v) is 6.25. The second-order valence-electron chi connectivity index (χ2n) is 8.42. The molecule has 33 heavy (non-hydrogen) atoms. The lowest BCUT2D eigenvalue weighted by molar-refractivity contribution is -0.140. The van der Waals surface area contributed by atoms with Crippen molar-refractivity contribution < 1.29 is 35.8 Å². The number of ether oxygens (including phenoxy) is 3. The number of rotatable bonds is 8. The zero-order chi connectivity index (χ0) is 24.2. The average molecular weight is 505 g/mol. The molecule has 2 saturated heterocycles. The normalized spacial score (nSPS) is 24.5. The number of methoxy groups -OCH3 is 1. The molecule has 2 aliphatic rings. The Bertz CT molecular complexity index is 1060. The molecule has 12 heteroatoms. The number of esters is 1. The van der Waals surface area contributed by atoms with Gasteiger partial charge in [-0.2, -0.15) is 0 Å². The summed E-state index contributed by atoms with van der Waals surface area (Å²) in [6.45, 7) is 3.87. The number of carbonyl (C=O) groups excluding carboxylic acids is 1. The zero-order valence-corrected chi connectivity index (χ0v) is 20.9. The molecule has 0 aliphatic carbocycles. The van der Waals surface area contributed by atoms with E-state index in [0.29, 0.717) is 37.6 Å². The van der Waals surface area contributed by atoms with E-state index >= 15 is 0 Å². The third-order valence-corrected chi connectivity index (χ3v) is 8.99. The van der Waals surface area contributed by atoms with Gasteiger partial charge in [0.15, 0.2) is 30.1 Å². The number of aromatic nitrogens is 1. The number of pyridine rings is 1. The van der Waals surface area contributed by atoms with Gasteiger partial charge in [-0.15, -0.1) is 0 Å². The van der Waals surface area contributed by atoms with Gasteiger partial charge >= 0.3 is 5.97 Å². The van der Waals surface area contributed by atoms with Crippen molar-refractivity contribution in [1.82, 2.24) is 4.98 Å².